The highest BCUT2D eigenvalue weighted by molar-refractivity contribution is 5.98. The van der Waals surface area contributed by atoms with Gasteiger partial charge in [-0.2, -0.15) is 0 Å². The lowest BCUT2D eigenvalue weighted by Crippen LogP contribution is -2.48. The van der Waals surface area contributed by atoms with Gasteiger partial charge in [0, 0.05) is 67.8 Å². The van der Waals surface area contributed by atoms with Gasteiger partial charge in [0.2, 0.25) is 29.4 Å². The van der Waals surface area contributed by atoms with E-state index in [1.54, 1.807) is 94.6 Å². The van der Waals surface area contributed by atoms with E-state index in [4.69, 9.17) is 0 Å². The maximum Gasteiger partial charge on any atom is 0.307 e. The number of carbonyl (C=O) groups is 10. The van der Waals surface area contributed by atoms with E-state index in [2.05, 4.69) is 26.3 Å². The fourth-order valence-electron chi connectivity index (χ4n) is 8.93. The first-order chi connectivity index (χ1) is 37.3. The highest BCUT2D eigenvalue weighted by Gasteiger charge is 2.36. The minimum absolute atomic E-state index is 0.00615. The van der Waals surface area contributed by atoms with E-state index in [1.807, 2.05) is 0 Å². The Hall–Kier alpha value is -7.78. The maximum absolute atomic E-state index is 14.6. The summed E-state index contributed by atoms with van der Waals surface area (Å²) in [7, 11) is 0. The molecule has 8 atom stereocenters. The van der Waals surface area contributed by atoms with Gasteiger partial charge in [-0.3, -0.25) is 52.9 Å². The number of rotatable bonds is 33. The molecule has 3 aromatic carbocycles. The fourth-order valence-corrected chi connectivity index (χ4v) is 8.93. The van der Waals surface area contributed by atoms with Gasteiger partial charge in [-0.25, -0.2) is 22.0 Å². The van der Waals surface area contributed by atoms with E-state index in [9.17, 15) is 80.1 Å². The van der Waals surface area contributed by atoms with Crippen molar-refractivity contribution in [3.05, 3.63) is 118 Å². The van der Waals surface area contributed by atoms with Crippen LogP contribution in [-0.4, -0.2) is 99.8 Å². The summed E-state index contributed by atoms with van der Waals surface area (Å²) >= 11 is 0. The van der Waals surface area contributed by atoms with Crippen molar-refractivity contribution in [1.82, 2.24) is 21.3 Å². The number of carboxylic acids is 2. The molecule has 1 heterocycles. The molecule has 1 aliphatic heterocycles. The lowest BCUT2D eigenvalue weighted by Gasteiger charge is -2.26. The van der Waals surface area contributed by atoms with Crippen LogP contribution in [0.25, 0.3) is 0 Å². The first-order valence-electron chi connectivity index (χ1n) is 25.8. The molecule has 426 valence electrons. The third kappa shape index (κ3) is 19.3. The average molecular weight is 1110 g/mol. The van der Waals surface area contributed by atoms with Gasteiger partial charge >= 0.3 is 11.9 Å². The predicted octanol–water partition coefficient (Wildman–Crippen LogP) is 6.31. The van der Waals surface area contributed by atoms with Crippen molar-refractivity contribution in [2.24, 2.45) is 40.5 Å². The number of hydrogen-bond acceptors (Lipinski definition) is 11. The topological polar surface area (TPSA) is 272 Å². The van der Waals surface area contributed by atoms with Gasteiger partial charge < -0.3 is 31.5 Å². The smallest absolute Gasteiger partial charge is 0.307 e. The minimum Gasteiger partial charge on any atom is -0.481 e. The van der Waals surface area contributed by atoms with Gasteiger partial charge in [0.15, 0.2) is 46.4 Å². The van der Waals surface area contributed by atoms with Crippen LogP contribution in [0.1, 0.15) is 103 Å². The van der Waals surface area contributed by atoms with E-state index < -0.39 is 192 Å². The zero-order chi connectivity index (χ0) is 58.7. The van der Waals surface area contributed by atoms with Crippen LogP contribution in [0.15, 0.2) is 77.4 Å². The molecular weight excluding hydrogens is 1040 g/mol. The molecule has 79 heavy (non-hydrogen) atoms. The molecule has 1 aliphatic rings. The van der Waals surface area contributed by atoms with Crippen LogP contribution < -0.4 is 21.3 Å². The Morgan fingerprint density at radius 2 is 1.13 bits per heavy atom. The summed E-state index contributed by atoms with van der Waals surface area (Å²) < 4.78 is 70.9. The van der Waals surface area contributed by atoms with Gasteiger partial charge in [0.05, 0.1) is 43.4 Å². The zero-order valence-corrected chi connectivity index (χ0v) is 44.4. The molecule has 0 aliphatic carbocycles. The number of Topliss-reactive ketones (excluding diaryl/α,β-unsaturated/α-hetero) is 4. The number of allylic oxidation sites excluding steroid dienone is 1. The Morgan fingerprint density at radius 3 is 1.66 bits per heavy atom. The molecule has 0 fully saturated rings. The van der Waals surface area contributed by atoms with Crippen LogP contribution in [0.2, 0.25) is 0 Å². The zero-order valence-electron chi connectivity index (χ0n) is 44.4. The quantitative estimate of drug-likeness (QED) is 0.0223. The number of ketones is 4. The van der Waals surface area contributed by atoms with Gasteiger partial charge in [0.25, 0.3) is 0 Å². The summed E-state index contributed by atoms with van der Waals surface area (Å²) in [6.07, 6.45) is -0.633. The fraction of sp³-hybridized carbons (Fsp3) is 0.456. The van der Waals surface area contributed by atoms with E-state index in [0.29, 0.717) is 29.5 Å². The summed E-state index contributed by atoms with van der Waals surface area (Å²) in [5.74, 6) is -26.1. The normalized spacial score (nSPS) is 15.1. The lowest BCUT2D eigenvalue weighted by molar-refractivity contribution is -0.146. The van der Waals surface area contributed by atoms with Crippen molar-refractivity contribution >= 4 is 64.9 Å². The largest absolute Gasteiger partial charge is 0.481 e. The molecule has 8 unspecified atom stereocenters. The van der Waals surface area contributed by atoms with Crippen molar-refractivity contribution in [1.29, 1.82) is 0 Å². The summed E-state index contributed by atoms with van der Waals surface area (Å²) in [6.45, 7) is 7.32. The van der Waals surface area contributed by atoms with E-state index >= 15 is 0 Å². The third-order valence-corrected chi connectivity index (χ3v) is 13.9. The van der Waals surface area contributed by atoms with Crippen LogP contribution >= 0.6 is 0 Å². The summed E-state index contributed by atoms with van der Waals surface area (Å²) in [5, 5.41) is 29.2. The number of carboxylic acid groups (broad SMARTS) is 2. The molecule has 17 nitrogen and oxygen atoms in total. The summed E-state index contributed by atoms with van der Waals surface area (Å²) in [6, 6.07) is 12.2. The minimum atomic E-state index is -2.42. The monoisotopic (exact) mass is 1110 g/mol. The predicted molar refractivity (Wildman–Crippen MR) is 277 cm³/mol. The molecule has 0 saturated carbocycles. The number of carbonyl (C=O) groups excluding carboxylic acids is 8. The molecule has 22 heteroatoms. The SMILES string of the molecule is CCC(C)C(CC(=O)C(CC(=O)O)NC(=O)C(CC(=O)C(C)NC(=O)C(CC(=O)CNC(=O)C(CC(=O)C(Cc1ccccc1)NC(=O)Cc1c(F)c(F)c(F)c(F)c1F)Cc1ccccc1)CC1=CN=CC1)C(C)C)C(=O)O. The van der Waals surface area contributed by atoms with Crippen molar-refractivity contribution < 1.29 is 80.1 Å². The van der Waals surface area contributed by atoms with Gasteiger partial charge in [-0.1, -0.05) is 94.8 Å². The Balaban J connectivity index is 1.47. The number of aliphatic imine (C=N–C) groups is 1. The number of nitrogens with zero attached hydrogens (tertiary/aromatic N) is 1. The second-order valence-corrected chi connectivity index (χ2v) is 20.2. The van der Waals surface area contributed by atoms with Crippen LogP contribution in [-0.2, 0) is 67.2 Å². The first kappa shape index (κ1) is 63.8. The van der Waals surface area contributed by atoms with E-state index in [-0.39, 0.29) is 19.3 Å². The molecule has 0 spiro atoms. The van der Waals surface area contributed by atoms with Crippen LogP contribution in [0, 0.1) is 64.6 Å². The molecule has 4 rings (SSSR count). The van der Waals surface area contributed by atoms with Crippen LogP contribution in [0.4, 0.5) is 22.0 Å². The van der Waals surface area contributed by atoms with Crippen LogP contribution in [0.3, 0.4) is 0 Å². The van der Waals surface area contributed by atoms with Crippen molar-refractivity contribution in [2.45, 2.75) is 123 Å². The van der Waals surface area contributed by atoms with E-state index in [1.165, 1.54) is 13.1 Å². The number of nitrogens with one attached hydrogen (secondary N) is 4. The first-order valence-corrected chi connectivity index (χ1v) is 25.8. The van der Waals surface area contributed by atoms with Gasteiger partial charge in [0.1, 0.15) is 0 Å². The lowest BCUT2D eigenvalue weighted by atomic mass is 9.85. The van der Waals surface area contributed by atoms with Crippen molar-refractivity contribution in [3.63, 3.8) is 0 Å². The highest BCUT2D eigenvalue weighted by Crippen LogP contribution is 2.26. The van der Waals surface area contributed by atoms with E-state index in [0.717, 1.165) is 0 Å². The number of benzene rings is 3. The third-order valence-electron chi connectivity index (χ3n) is 13.9. The Bertz CT molecular complexity index is 2760. The number of amides is 4. The highest BCUT2D eigenvalue weighted by atomic mass is 19.2. The molecule has 0 bridgehead atoms. The number of aliphatic carboxylic acids is 2. The van der Waals surface area contributed by atoms with Gasteiger partial charge in [-0.15, -0.1) is 0 Å². The Labute approximate surface area is 453 Å². The molecule has 4 amide bonds. The molecule has 3 aromatic rings. The second-order valence-electron chi connectivity index (χ2n) is 20.2. The molecule has 0 radical (unpaired) electrons. The molecule has 0 aromatic heterocycles. The van der Waals surface area contributed by atoms with Crippen molar-refractivity contribution in [3.8, 4) is 0 Å². The molecular formula is C57H66F5N5O12. The van der Waals surface area contributed by atoms with Gasteiger partial charge in [-0.05, 0) is 54.7 Å². The summed E-state index contributed by atoms with van der Waals surface area (Å²) in [5.41, 5.74) is 0.331. The number of halogens is 5. The standard InChI is InChI=1S/C57H66F5N5O12/c1-6-31(4)40(57(78)79)25-46(71)43(27-48(73)74)67-56(77)39(30(2)3)24-44(69)32(5)65-55(76)36(20-35-17-18-63-28-35)22-38(68)29-64-54(75)37(19-33-13-9-7-10-14-33)23-45(70)42(21-34-15-11-8-12-16-34)66-47(72)26-41-49(58)51(60)53(62)52(61)50(41)59/h7-16,18,28,30-32,36-37,39-40,42-43H,6,17,19-27,29H2,1-5H3,(H,64,75)(H,65,76)(H,66,72)(H,67,77)(H,73,74)(H,78,79). The van der Waals surface area contributed by atoms with Crippen molar-refractivity contribution in [2.75, 3.05) is 6.54 Å². The number of hydrogen-bond donors (Lipinski definition) is 6. The Kier molecular flexibility index (Phi) is 24.5. The Morgan fingerprint density at radius 1 is 0.582 bits per heavy atom. The van der Waals surface area contributed by atoms with Crippen LogP contribution in [0.5, 0.6) is 0 Å². The maximum atomic E-state index is 14.6. The summed E-state index contributed by atoms with van der Waals surface area (Å²) in [4.78, 5) is 137. The average Bonchev–Trinajstić information content (AvgIpc) is 3.94. The second kappa shape index (κ2) is 30.4. The molecule has 0 saturated heterocycles. The molecule has 6 N–H and O–H groups in total.